The van der Waals surface area contributed by atoms with Crippen molar-refractivity contribution in [3.63, 3.8) is 0 Å². The Morgan fingerprint density at radius 1 is 0.700 bits per heavy atom. The molecule has 1 atom stereocenters. The minimum Gasteiger partial charge on any atom is -0.138 e. The number of rotatable bonds is 0. The van der Waals surface area contributed by atoms with Crippen LogP contribution in [0.15, 0.2) is 89.4 Å². The number of hydrogen-bond donors (Lipinski definition) is 0. The Morgan fingerprint density at radius 3 is 2.37 bits per heavy atom. The van der Waals surface area contributed by atoms with E-state index in [-0.39, 0.29) is 5.41 Å². The average molecular weight is 486 g/mol. The molecule has 7 rings (SSSR count). The van der Waals surface area contributed by atoms with Gasteiger partial charge in [0.05, 0.1) is 5.41 Å². The molecule has 1 unspecified atom stereocenters. The van der Waals surface area contributed by atoms with Crippen LogP contribution in [0.4, 0.5) is 0 Å². The van der Waals surface area contributed by atoms with Crippen LogP contribution in [0, 0.1) is 0 Å². The summed E-state index contributed by atoms with van der Waals surface area (Å²) < 4.78 is 2.44. The maximum atomic E-state index is 6.59. The van der Waals surface area contributed by atoms with Gasteiger partial charge in [0.2, 0.25) is 0 Å². The molecule has 0 N–H and O–H groups in total. The van der Waals surface area contributed by atoms with Crippen molar-refractivity contribution in [1.29, 1.82) is 0 Å². The Hall–Kier alpha value is -2.39. The van der Waals surface area contributed by atoms with Crippen LogP contribution in [0.3, 0.4) is 0 Å². The molecule has 1 aromatic heterocycles. The summed E-state index contributed by atoms with van der Waals surface area (Å²) in [6, 6.07) is 30.8. The van der Waals surface area contributed by atoms with E-state index in [1.807, 2.05) is 17.4 Å². The molecular formula is C27H14BrClS. The summed E-state index contributed by atoms with van der Waals surface area (Å²) in [6.45, 7) is 0. The van der Waals surface area contributed by atoms with Gasteiger partial charge in [-0.3, -0.25) is 0 Å². The highest BCUT2D eigenvalue weighted by Crippen LogP contribution is 2.66. The van der Waals surface area contributed by atoms with Gasteiger partial charge in [0.1, 0.15) is 0 Å². The first kappa shape index (κ1) is 17.3. The topological polar surface area (TPSA) is 0 Å². The fourth-order valence-corrected chi connectivity index (χ4v) is 7.52. The van der Waals surface area contributed by atoms with Gasteiger partial charge in [-0.2, -0.15) is 0 Å². The molecule has 5 aromatic rings. The van der Waals surface area contributed by atoms with Crippen molar-refractivity contribution >= 4 is 49.0 Å². The number of hydrogen-bond acceptors (Lipinski definition) is 1. The van der Waals surface area contributed by atoms with Crippen LogP contribution in [0.2, 0.25) is 5.02 Å². The largest absolute Gasteiger partial charge is 0.138 e. The summed E-state index contributed by atoms with van der Waals surface area (Å²) in [6.07, 6.45) is 0. The summed E-state index contributed by atoms with van der Waals surface area (Å²) in [5.41, 5.74) is 8.96. The minimum atomic E-state index is -0.324. The van der Waals surface area contributed by atoms with Crippen molar-refractivity contribution in [3.8, 4) is 22.3 Å². The van der Waals surface area contributed by atoms with E-state index in [1.165, 1.54) is 53.9 Å². The Balaban J connectivity index is 1.76. The van der Waals surface area contributed by atoms with Crippen LogP contribution in [0.5, 0.6) is 0 Å². The van der Waals surface area contributed by atoms with Crippen molar-refractivity contribution in [2.24, 2.45) is 0 Å². The highest BCUT2D eigenvalue weighted by molar-refractivity contribution is 9.10. The second kappa shape index (κ2) is 5.85. The summed E-state index contributed by atoms with van der Waals surface area (Å²) in [4.78, 5) is 1.41. The molecular weight excluding hydrogens is 472 g/mol. The van der Waals surface area contributed by atoms with E-state index in [2.05, 4.69) is 94.8 Å². The van der Waals surface area contributed by atoms with Crippen LogP contribution < -0.4 is 0 Å². The lowest BCUT2D eigenvalue weighted by Gasteiger charge is -2.29. The van der Waals surface area contributed by atoms with E-state index in [0.717, 1.165) is 9.50 Å². The van der Waals surface area contributed by atoms with Gasteiger partial charge in [-0.05, 0) is 63.7 Å². The fourth-order valence-electron chi connectivity index (χ4n) is 5.53. The van der Waals surface area contributed by atoms with E-state index in [1.54, 1.807) is 0 Å². The molecule has 0 saturated carbocycles. The molecule has 0 saturated heterocycles. The zero-order valence-electron chi connectivity index (χ0n) is 15.7. The molecule has 4 aromatic carbocycles. The van der Waals surface area contributed by atoms with E-state index >= 15 is 0 Å². The van der Waals surface area contributed by atoms with Crippen molar-refractivity contribution in [2.75, 3.05) is 0 Å². The molecule has 2 aliphatic rings. The second-order valence-corrected chi connectivity index (χ2v) is 10.4. The van der Waals surface area contributed by atoms with Crippen molar-refractivity contribution in [1.82, 2.24) is 0 Å². The lowest BCUT2D eigenvalue weighted by atomic mass is 9.74. The lowest BCUT2D eigenvalue weighted by Crippen LogP contribution is -2.25. The molecule has 0 radical (unpaired) electrons. The van der Waals surface area contributed by atoms with Crippen LogP contribution >= 0.6 is 38.9 Å². The van der Waals surface area contributed by atoms with Crippen molar-refractivity contribution in [2.45, 2.75) is 5.41 Å². The van der Waals surface area contributed by atoms with Crippen LogP contribution in [0.1, 0.15) is 21.6 Å². The first-order chi connectivity index (χ1) is 14.7. The number of benzene rings is 4. The Bertz CT molecular complexity index is 1530. The maximum absolute atomic E-state index is 6.59. The van der Waals surface area contributed by atoms with Gasteiger partial charge < -0.3 is 0 Å². The molecule has 30 heavy (non-hydrogen) atoms. The molecule has 0 fully saturated rings. The molecule has 1 heterocycles. The summed E-state index contributed by atoms with van der Waals surface area (Å²) in [5, 5.41) is 2.12. The third kappa shape index (κ3) is 1.93. The van der Waals surface area contributed by atoms with E-state index in [9.17, 15) is 0 Å². The maximum Gasteiger partial charge on any atom is 0.0820 e. The van der Waals surface area contributed by atoms with Gasteiger partial charge in [-0.1, -0.05) is 82.1 Å². The molecule has 3 heteroatoms. The Morgan fingerprint density at radius 2 is 1.43 bits per heavy atom. The molecule has 0 aliphatic heterocycles. The number of fused-ring (bicyclic) bond motifs is 12. The highest BCUT2D eigenvalue weighted by Gasteiger charge is 2.53. The predicted octanol–water partition coefficient (Wildman–Crippen LogP) is 8.66. The molecule has 0 amide bonds. The first-order valence-electron chi connectivity index (χ1n) is 9.92. The van der Waals surface area contributed by atoms with Gasteiger partial charge in [0.25, 0.3) is 0 Å². The van der Waals surface area contributed by atoms with E-state index in [0.29, 0.717) is 0 Å². The highest BCUT2D eigenvalue weighted by atomic mass is 79.9. The molecule has 142 valence electrons. The van der Waals surface area contributed by atoms with Gasteiger partial charge in [0.15, 0.2) is 0 Å². The standard InChI is InChI=1S/C27H14BrClS/c28-15-9-11-18-17-5-1-3-7-21(17)27(22(18)13-15)23-14-16(29)10-12-19(23)25-20-6-2-4-8-24(20)30-26(25)27/h1-14H. The zero-order valence-corrected chi connectivity index (χ0v) is 18.9. The van der Waals surface area contributed by atoms with Crippen molar-refractivity contribution < 1.29 is 0 Å². The van der Waals surface area contributed by atoms with Crippen LogP contribution in [0.25, 0.3) is 32.3 Å². The molecule has 2 aliphatic carbocycles. The number of halogens is 2. The van der Waals surface area contributed by atoms with Crippen LogP contribution in [-0.2, 0) is 5.41 Å². The molecule has 1 spiro atoms. The van der Waals surface area contributed by atoms with Gasteiger partial charge in [0, 0.05) is 30.0 Å². The Kier molecular flexibility index (Phi) is 3.38. The summed E-state index contributed by atoms with van der Waals surface area (Å²) in [5.74, 6) is 0. The zero-order chi connectivity index (χ0) is 20.0. The van der Waals surface area contributed by atoms with Crippen molar-refractivity contribution in [3.05, 3.63) is 116 Å². The predicted molar refractivity (Wildman–Crippen MR) is 131 cm³/mol. The number of thiophene rings is 1. The normalized spacial score (nSPS) is 17.8. The third-order valence-corrected chi connectivity index (χ3v) is 8.62. The minimum absolute atomic E-state index is 0.324. The first-order valence-corrected chi connectivity index (χ1v) is 11.9. The quantitative estimate of drug-likeness (QED) is 0.201. The molecule has 0 bridgehead atoms. The lowest BCUT2D eigenvalue weighted by molar-refractivity contribution is 0.811. The summed E-state index contributed by atoms with van der Waals surface area (Å²) >= 11 is 12.3. The molecule has 0 nitrogen and oxygen atoms in total. The van der Waals surface area contributed by atoms with Crippen LogP contribution in [-0.4, -0.2) is 0 Å². The fraction of sp³-hybridized carbons (Fsp3) is 0.0370. The SMILES string of the molecule is Clc1ccc2c(c1)C1(c3ccccc3-c3ccc(Br)cc31)c1sc3ccccc3c1-2. The average Bonchev–Trinajstić information content (AvgIpc) is 3.36. The third-order valence-electron chi connectivity index (χ3n) is 6.60. The van der Waals surface area contributed by atoms with Gasteiger partial charge in [-0.15, -0.1) is 11.3 Å². The van der Waals surface area contributed by atoms with Gasteiger partial charge >= 0.3 is 0 Å². The van der Waals surface area contributed by atoms with E-state index in [4.69, 9.17) is 11.6 Å². The smallest absolute Gasteiger partial charge is 0.0820 e. The second-order valence-electron chi connectivity index (χ2n) is 7.98. The summed E-state index contributed by atoms with van der Waals surface area (Å²) in [7, 11) is 0. The Labute approximate surface area is 191 Å². The van der Waals surface area contributed by atoms with Gasteiger partial charge in [-0.25, -0.2) is 0 Å². The monoisotopic (exact) mass is 484 g/mol. The van der Waals surface area contributed by atoms with E-state index < -0.39 is 0 Å².